The van der Waals surface area contributed by atoms with Gasteiger partial charge in [-0.2, -0.15) is 0 Å². The Morgan fingerprint density at radius 2 is 1.04 bits per heavy atom. The summed E-state index contributed by atoms with van der Waals surface area (Å²) in [6.45, 7) is 3.02. The summed E-state index contributed by atoms with van der Waals surface area (Å²) >= 11 is 5.78. The maximum absolute atomic E-state index is 13.9. The highest BCUT2D eigenvalue weighted by Crippen LogP contribution is 2.32. The molecule has 0 aliphatic rings. The predicted octanol–water partition coefficient (Wildman–Crippen LogP) is 6.61. The van der Waals surface area contributed by atoms with Crippen LogP contribution in [0.15, 0.2) is 33.2 Å². The molecule has 2 unspecified atom stereocenters. The molecule has 0 aromatic heterocycles. The van der Waals surface area contributed by atoms with E-state index < -0.39 is 35.5 Å². The Hall–Kier alpha value is -0.920. The minimum absolute atomic E-state index is 0.0000218. The van der Waals surface area contributed by atoms with Crippen molar-refractivity contribution in [3.63, 3.8) is 0 Å². The van der Waals surface area contributed by atoms with E-state index in [4.69, 9.17) is 4.74 Å². The number of halogens is 6. The van der Waals surface area contributed by atoms with Crippen LogP contribution in [0.4, 0.5) is 17.6 Å². The van der Waals surface area contributed by atoms with E-state index in [1.165, 1.54) is 13.8 Å². The summed E-state index contributed by atoms with van der Waals surface area (Å²) in [6, 6.07) is 4.01. The van der Waals surface area contributed by atoms with E-state index in [0.717, 1.165) is 24.3 Å². The second-order valence-corrected chi connectivity index (χ2v) is 6.70. The molecule has 2 aromatic rings. The van der Waals surface area contributed by atoms with Crippen molar-refractivity contribution in [2.75, 3.05) is 0 Å². The summed E-state index contributed by atoms with van der Waals surface area (Å²) in [4.78, 5) is 0. The average molecular weight is 456 g/mol. The molecule has 0 amide bonds. The van der Waals surface area contributed by atoms with Crippen LogP contribution in [0.3, 0.4) is 0 Å². The van der Waals surface area contributed by atoms with Crippen molar-refractivity contribution in [2.24, 2.45) is 0 Å². The minimum atomic E-state index is -0.848. The Kier molecular flexibility index (Phi) is 5.86. The van der Waals surface area contributed by atoms with Crippen LogP contribution in [0.25, 0.3) is 0 Å². The van der Waals surface area contributed by atoms with E-state index >= 15 is 0 Å². The summed E-state index contributed by atoms with van der Waals surface area (Å²) in [7, 11) is 0. The third-order valence-electron chi connectivity index (χ3n) is 3.36. The first-order chi connectivity index (χ1) is 10.7. The van der Waals surface area contributed by atoms with Crippen molar-refractivity contribution in [2.45, 2.75) is 26.1 Å². The molecule has 7 heteroatoms. The third kappa shape index (κ3) is 4.14. The molecule has 0 radical (unpaired) electrons. The molecule has 124 valence electrons. The number of hydrogen-bond donors (Lipinski definition) is 0. The first kappa shape index (κ1) is 18.4. The molecule has 0 saturated carbocycles. The zero-order chi connectivity index (χ0) is 17.3. The minimum Gasteiger partial charge on any atom is -0.366 e. The number of ether oxygens (including phenoxy) is 1. The SMILES string of the molecule is CC(OC(C)c1cc(F)c(Br)cc1F)c1cc(F)c(Br)cc1F. The molecule has 0 fully saturated rings. The van der Waals surface area contributed by atoms with Crippen molar-refractivity contribution in [1.29, 1.82) is 0 Å². The lowest BCUT2D eigenvalue weighted by molar-refractivity contribution is 0.00194. The van der Waals surface area contributed by atoms with Crippen LogP contribution < -0.4 is 0 Å². The van der Waals surface area contributed by atoms with Gasteiger partial charge in [0.2, 0.25) is 0 Å². The summed E-state index contributed by atoms with van der Waals surface area (Å²) in [5, 5.41) is 0. The Labute approximate surface area is 147 Å². The summed E-state index contributed by atoms with van der Waals surface area (Å²) < 4.78 is 60.5. The van der Waals surface area contributed by atoms with E-state index in [2.05, 4.69) is 31.9 Å². The summed E-state index contributed by atoms with van der Waals surface area (Å²) in [5.41, 5.74) is -0.00826. The summed E-state index contributed by atoms with van der Waals surface area (Å²) in [6.07, 6.45) is -1.70. The number of hydrogen-bond acceptors (Lipinski definition) is 1. The van der Waals surface area contributed by atoms with Gasteiger partial charge < -0.3 is 4.74 Å². The second-order valence-electron chi connectivity index (χ2n) is 5.00. The van der Waals surface area contributed by atoms with Crippen LogP contribution in [0.1, 0.15) is 37.2 Å². The lowest BCUT2D eigenvalue weighted by Gasteiger charge is -2.21. The first-order valence-corrected chi connectivity index (χ1v) is 8.23. The van der Waals surface area contributed by atoms with E-state index in [9.17, 15) is 17.6 Å². The van der Waals surface area contributed by atoms with Crippen molar-refractivity contribution in [1.82, 2.24) is 0 Å². The molecule has 0 aliphatic heterocycles. The van der Waals surface area contributed by atoms with E-state index in [1.54, 1.807) is 0 Å². The normalized spacial score (nSPS) is 13.9. The Bertz CT molecular complexity index is 675. The van der Waals surface area contributed by atoms with E-state index in [0.29, 0.717) is 0 Å². The largest absolute Gasteiger partial charge is 0.366 e. The van der Waals surface area contributed by atoms with Gasteiger partial charge in [-0.05, 0) is 70.0 Å². The molecule has 2 atom stereocenters. The van der Waals surface area contributed by atoms with Gasteiger partial charge >= 0.3 is 0 Å². The fraction of sp³-hybridized carbons (Fsp3) is 0.250. The lowest BCUT2D eigenvalue weighted by Crippen LogP contribution is -2.09. The average Bonchev–Trinajstić information content (AvgIpc) is 2.46. The number of benzene rings is 2. The van der Waals surface area contributed by atoms with Crippen LogP contribution in [-0.4, -0.2) is 0 Å². The van der Waals surface area contributed by atoms with Crippen LogP contribution in [0, 0.1) is 23.3 Å². The van der Waals surface area contributed by atoms with Gasteiger partial charge in [-0.1, -0.05) is 0 Å². The van der Waals surface area contributed by atoms with Gasteiger partial charge in [-0.3, -0.25) is 0 Å². The molecule has 0 bridgehead atoms. The molecule has 0 aliphatic carbocycles. The van der Waals surface area contributed by atoms with Gasteiger partial charge in [-0.15, -0.1) is 0 Å². The Morgan fingerprint density at radius 1 is 0.696 bits per heavy atom. The zero-order valence-electron chi connectivity index (χ0n) is 12.1. The fourth-order valence-electron chi connectivity index (χ4n) is 2.15. The van der Waals surface area contributed by atoms with Gasteiger partial charge in [0, 0.05) is 11.1 Å². The molecule has 0 heterocycles. The van der Waals surface area contributed by atoms with E-state index in [-0.39, 0.29) is 20.1 Å². The Balaban J connectivity index is 2.25. The third-order valence-corrected chi connectivity index (χ3v) is 4.58. The molecule has 0 saturated heterocycles. The molecule has 1 nitrogen and oxygen atoms in total. The molecule has 0 N–H and O–H groups in total. The van der Waals surface area contributed by atoms with Gasteiger partial charge in [0.25, 0.3) is 0 Å². The van der Waals surface area contributed by atoms with Crippen LogP contribution in [0.2, 0.25) is 0 Å². The van der Waals surface area contributed by atoms with Crippen LogP contribution in [-0.2, 0) is 4.74 Å². The van der Waals surface area contributed by atoms with Gasteiger partial charge in [-0.25, -0.2) is 17.6 Å². The molecular formula is C16H12Br2F4O. The molecule has 2 rings (SSSR count). The first-order valence-electron chi connectivity index (χ1n) is 6.65. The van der Waals surface area contributed by atoms with E-state index in [1.807, 2.05) is 0 Å². The van der Waals surface area contributed by atoms with Crippen molar-refractivity contribution >= 4 is 31.9 Å². The quantitative estimate of drug-likeness (QED) is 0.372. The molecule has 23 heavy (non-hydrogen) atoms. The lowest BCUT2D eigenvalue weighted by atomic mass is 10.1. The highest BCUT2D eigenvalue weighted by molar-refractivity contribution is 9.10. The fourth-order valence-corrected chi connectivity index (χ4v) is 2.78. The monoisotopic (exact) mass is 454 g/mol. The highest BCUT2D eigenvalue weighted by Gasteiger charge is 2.21. The van der Waals surface area contributed by atoms with Crippen LogP contribution in [0.5, 0.6) is 0 Å². The summed E-state index contributed by atoms with van der Waals surface area (Å²) in [5.74, 6) is -2.57. The molecule has 0 spiro atoms. The molecule has 2 aromatic carbocycles. The zero-order valence-corrected chi connectivity index (χ0v) is 15.3. The van der Waals surface area contributed by atoms with Crippen molar-refractivity contribution in [3.05, 3.63) is 67.6 Å². The van der Waals surface area contributed by atoms with Gasteiger partial charge in [0.1, 0.15) is 23.3 Å². The maximum atomic E-state index is 13.9. The second kappa shape index (κ2) is 7.32. The van der Waals surface area contributed by atoms with Crippen molar-refractivity contribution < 1.29 is 22.3 Å². The predicted molar refractivity (Wildman–Crippen MR) is 86.0 cm³/mol. The smallest absolute Gasteiger partial charge is 0.137 e. The van der Waals surface area contributed by atoms with Crippen molar-refractivity contribution in [3.8, 4) is 0 Å². The standard InChI is InChI=1S/C16H12Br2F4O/c1-7(9-3-15(21)11(17)5-13(9)19)23-8(2)10-4-16(22)12(18)6-14(10)20/h3-8H,1-2H3. The maximum Gasteiger partial charge on any atom is 0.137 e. The van der Waals surface area contributed by atoms with Gasteiger partial charge in [0.15, 0.2) is 0 Å². The molecular weight excluding hydrogens is 444 g/mol. The number of rotatable bonds is 4. The Morgan fingerprint density at radius 3 is 1.39 bits per heavy atom. The van der Waals surface area contributed by atoms with Crippen LogP contribution >= 0.6 is 31.9 Å². The van der Waals surface area contributed by atoms with Gasteiger partial charge in [0.05, 0.1) is 21.2 Å². The topological polar surface area (TPSA) is 9.23 Å². The highest BCUT2D eigenvalue weighted by atomic mass is 79.9.